The third kappa shape index (κ3) is 5.57. The molecule has 0 spiro atoms. The average molecular weight is 285 g/mol. The molecule has 1 heterocycles. The summed E-state index contributed by atoms with van der Waals surface area (Å²) in [5.41, 5.74) is 2.20. The summed E-state index contributed by atoms with van der Waals surface area (Å²) in [5, 5.41) is 3.25. The maximum absolute atomic E-state index is 11.2. The molecule has 19 heavy (non-hydrogen) atoms. The van der Waals surface area contributed by atoms with E-state index in [1.807, 2.05) is 25.1 Å². The molecule has 0 aliphatic heterocycles. The maximum Gasteiger partial charge on any atom is 0.149 e. The van der Waals surface area contributed by atoms with E-state index in [1.54, 1.807) is 0 Å². The lowest BCUT2D eigenvalue weighted by atomic mass is 10.2. The van der Waals surface area contributed by atoms with Gasteiger partial charge in [-0.15, -0.1) is 0 Å². The van der Waals surface area contributed by atoms with Gasteiger partial charge in [0.1, 0.15) is 15.7 Å². The van der Waals surface area contributed by atoms with Crippen LogP contribution in [0, 0.1) is 6.92 Å². The third-order valence-corrected chi connectivity index (χ3v) is 3.77. The molecule has 0 aromatic carbocycles. The summed E-state index contributed by atoms with van der Waals surface area (Å²) in [4.78, 5) is 6.31. The second-order valence-electron chi connectivity index (χ2n) is 4.82. The predicted octanol–water partition coefficient (Wildman–Crippen LogP) is 0.980. The van der Waals surface area contributed by atoms with E-state index in [4.69, 9.17) is 0 Å². The Bertz CT molecular complexity index is 515. The second kappa shape index (κ2) is 6.86. The van der Waals surface area contributed by atoms with Gasteiger partial charge in [-0.3, -0.25) is 0 Å². The van der Waals surface area contributed by atoms with Crippen molar-refractivity contribution in [1.29, 1.82) is 0 Å². The van der Waals surface area contributed by atoms with Crippen LogP contribution in [0.4, 0.5) is 5.82 Å². The average Bonchev–Trinajstić information content (AvgIpc) is 2.32. The molecule has 0 fully saturated rings. The summed E-state index contributed by atoms with van der Waals surface area (Å²) in [6, 6.07) is 2.09. The Morgan fingerprint density at radius 1 is 1.42 bits per heavy atom. The van der Waals surface area contributed by atoms with Crippen molar-refractivity contribution in [1.82, 2.24) is 10.3 Å². The highest BCUT2D eigenvalue weighted by molar-refractivity contribution is 7.90. The van der Waals surface area contributed by atoms with Gasteiger partial charge in [0.05, 0.1) is 5.75 Å². The van der Waals surface area contributed by atoms with E-state index in [-0.39, 0.29) is 5.75 Å². The Morgan fingerprint density at radius 2 is 2.11 bits per heavy atom. The lowest BCUT2D eigenvalue weighted by molar-refractivity contribution is 0.601. The zero-order chi connectivity index (χ0) is 14.5. The van der Waals surface area contributed by atoms with Gasteiger partial charge in [0.25, 0.3) is 0 Å². The molecule has 1 rings (SSSR count). The monoisotopic (exact) mass is 285 g/mol. The second-order valence-corrected chi connectivity index (χ2v) is 7.08. The van der Waals surface area contributed by atoms with E-state index in [0.717, 1.165) is 30.0 Å². The number of aromatic nitrogens is 1. The van der Waals surface area contributed by atoms with Gasteiger partial charge in [0, 0.05) is 32.6 Å². The van der Waals surface area contributed by atoms with Gasteiger partial charge < -0.3 is 10.2 Å². The molecule has 1 N–H and O–H groups in total. The van der Waals surface area contributed by atoms with Crippen molar-refractivity contribution in [3.05, 3.63) is 23.4 Å². The number of anilines is 1. The van der Waals surface area contributed by atoms with Gasteiger partial charge in [-0.25, -0.2) is 13.4 Å². The number of hydrogen-bond donors (Lipinski definition) is 1. The van der Waals surface area contributed by atoms with Crippen LogP contribution in [0.15, 0.2) is 12.3 Å². The van der Waals surface area contributed by atoms with Gasteiger partial charge in [-0.1, -0.05) is 6.92 Å². The fourth-order valence-electron chi connectivity index (χ4n) is 1.80. The molecular weight excluding hydrogens is 262 g/mol. The number of aryl methyl sites for hydroxylation is 1. The Balaban J connectivity index is 2.72. The molecule has 0 saturated heterocycles. The molecule has 0 aliphatic rings. The quantitative estimate of drug-likeness (QED) is 0.809. The number of nitrogens with zero attached hydrogens (tertiary/aromatic N) is 2. The Kier molecular flexibility index (Phi) is 5.75. The fourth-order valence-corrected chi connectivity index (χ4v) is 2.41. The smallest absolute Gasteiger partial charge is 0.149 e. The summed E-state index contributed by atoms with van der Waals surface area (Å²) < 4.78 is 22.3. The first kappa shape index (κ1) is 15.9. The molecular formula is C13H23N3O2S. The Morgan fingerprint density at radius 3 is 2.63 bits per heavy atom. The van der Waals surface area contributed by atoms with Gasteiger partial charge >= 0.3 is 0 Å². The molecule has 0 aliphatic carbocycles. The Labute approximate surface area is 116 Å². The lowest BCUT2D eigenvalue weighted by Crippen LogP contribution is -2.26. The summed E-state index contributed by atoms with van der Waals surface area (Å²) in [6.07, 6.45) is 3.09. The van der Waals surface area contributed by atoms with Crippen LogP contribution >= 0.6 is 0 Å². The number of hydrogen-bond acceptors (Lipinski definition) is 5. The van der Waals surface area contributed by atoms with E-state index in [9.17, 15) is 8.42 Å². The first-order chi connectivity index (χ1) is 8.83. The van der Waals surface area contributed by atoms with Crippen LogP contribution in [-0.2, 0) is 16.4 Å². The molecule has 0 amide bonds. The molecule has 0 saturated carbocycles. The van der Waals surface area contributed by atoms with Crippen LogP contribution in [-0.4, -0.2) is 45.5 Å². The zero-order valence-electron chi connectivity index (χ0n) is 12.1. The summed E-state index contributed by atoms with van der Waals surface area (Å²) in [6.45, 7) is 6.24. The van der Waals surface area contributed by atoms with Crippen LogP contribution in [0.5, 0.6) is 0 Å². The number of nitrogens with one attached hydrogen (secondary N) is 1. The Hall–Kier alpha value is -1.14. The molecule has 1 aromatic heterocycles. The molecule has 0 unspecified atom stereocenters. The molecule has 1 aromatic rings. The van der Waals surface area contributed by atoms with Crippen LogP contribution in [0.3, 0.4) is 0 Å². The molecule has 0 bridgehead atoms. The molecule has 108 valence electrons. The maximum atomic E-state index is 11.2. The minimum Gasteiger partial charge on any atom is -0.358 e. The fraction of sp³-hybridized carbons (Fsp3) is 0.615. The van der Waals surface area contributed by atoms with E-state index in [2.05, 4.69) is 23.3 Å². The van der Waals surface area contributed by atoms with Crippen LogP contribution in [0.25, 0.3) is 0 Å². The number of sulfone groups is 1. The van der Waals surface area contributed by atoms with Gasteiger partial charge in [-0.2, -0.15) is 0 Å². The van der Waals surface area contributed by atoms with Crippen molar-refractivity contribution in [2.75, 3.05) is 37.0 Å². The van der Waals surface area contributed by atoms with Crippen molar-refractivity contribution in [2.45, 2.75) is 20.4 Å². The van der Waals surface area contributed by atoms with E-state index in [0.29, 0.717) is 6.54 Å². The van der Waals surface area contributed by atoms with Crippen molar-refractivity contribution in [3.8, 4) is 0 Å². The molecule has 0 atom stereocenters. The summed E-state index contributed by atoms with van der Waals surface area (Å²) in [5.74, 6) is 0.980. The standard InChI is InChI=1S/C13H23N3O2S/c1-5-14-9-12-8-11(2)13(15-10-12)16(3)6-7-19(4,17)18/h8,10,14H,5-7,9H2,1-4H3. The van der Waals surface area contributed by atoms with Crippen molar-refractivity contribution < 1.29 is 8.42 Å². The van der Waals surface area contributed by atoms with Crippen LogP contribution in [0.2, 0.25) is 0 Å². The normalized spacial score (nSPS) is 11.6. The first-order valence-electron chi connectivity index (χ1n) is 6.38. The largest absolute Gasteiger partial charge is 0.358 e. The van der Waals surface area contributed by atoms with Gasteiger partial charge in [-0.05, 0) is 30.7 Å². The number of rotatable bonds is 7. The van der Waals surface area contributed by atoms with E-state index < -0.39 is 9.84 Å². The van der Waals surface area contributed by atoms with Gasteiger partial charge in [0.2, 0.25) is 0 Å². The molecule has 0 radical (unpaired) electrons. The highest BCUT2D eigenvalue weighted by Gasteiger charge is 2.10. The topological polar surface area (TPSA) is 62.3 Å². The first-order valence-corrected chi connectivity index (χ1v) is 8.44. The number of pyridine rings is 1. The minimum atomic E-state index is -2.94. The lowest BCUT2D eigenvalue weighted by Gasteiger charge is -2.20. The third-order valence-electron chi connectivity index (χ3n) is 2.85. The molecule has 5 nitrogen and oxygen atoms in total. The highest BCUT2D eigenvalue weighted by atomic mass is 32.2. The summed E-state index contributed by atoms with van der Waals surface area (Å²) >= 11 is 0. The van der Waals surface area contributed by atoms with Crippen molar-refractivity contribution >= 4 is 15.7 Å². The van der Waals surface area contributed by atoms with E-state index >= 15 is 0 Å². The van der Waals surface area contributed by atoms with Crippen LogP contribution in [0.1, 0.15) is 18.1 Å². The summed E-state index contributed by atoms with van der Waals surface area (Å²) in [7, 11) is -1.07. The zero-order valence-corrected chi connectivity index (χ0v) is 12.9. The van der Waals surface area contributed by atoms with Crippen LogP contribution < -0.4 is 10.2 Å². The van der Waals surface area contributed by atoms with Crippen molar-refractivity contribution in [3.63, 3.8) is 0 Å². The predicted molar refractivity (Wildman–Crippen MR) is 79.3 cm³/mol. The SMILES string of the molecule is CCNCc1cnc(N(C)CCS(C)(=O)=O)c(C)c1. The molecule has 6 heteroatoms. The minimum absolute atomic E-state index is 0.143. The highest BCUT2D eigenvalue weighted by Crippen LogP contribution is 2.16. The van der Waals surface area contributed by atoms with Gasteiger partial charge in [0.15, 0.2) is 0 Å². The van der Waals surface area contributed by atoms with E-state index in [1.165, 1.54) is 6.26 Å². The van der Waals surface area contributed by atoms with Crippen molar-refractivity contribution in [2.24, 2.45) is 0 Å².